The highest BCUT2D eigenvalue weighted by Gasteiger charge is 2.14. The van der Waals surface area contributed by atoms with Crippen LogP contribution in [0.3, 0.4) is 0 Å². The molecule has 0 atom stereocenters. The van der Waals surface area contributed by atoms with Gasteiger partial charge in [-0.15, -0.1) is 0 Å². The summed E-state index contributed by atoms with van der Waals surface area (Å²) in [6.07, 6.45) is 0.686. The van der Waals surface area contributed by atoms with Crippen LogP contribution in [0, 0.1) is 6.92 Å². The minimum atomic E-state index is -0.353. The molecule has 0 N–H and O–H groups in total. The Morgan fingerprint density at radius 1 is 1.21 bits per heavy atom. The fraction of sp³-hybridized carbons (Fsp3) is 0.267. The van der Waals surface area contributed by atoms with E-state index < -0.39 is 0 Å². The van der Waals surface area contributed by atoms with Crippen LogP contribution in [0.15, 0.2) is 30.3 Å². The van der Waals surface area contributed by atoms with Crippen molar-refractivity contribution in [3.63, 3.8) is 0 Å². The zero-order valence-corrected chi connectivity index (χ0v) is 11.3. The van der Waals surface area contributed by atoms with Crippen molar-refractivity contribution in [2.45, 2.75) is 27.2 Å². The molecule has 0 aliphatic carbocycles. The van der Waals surface area contributed by atoms with Gasteiger partial charge in [0.05, 0.1) is 11.4 Å². The maximum atomic E-state index is 11.1. The number of esters is 1. The molecule has 4 heteroatoms. The smallest absolute Gasteiger partial charge is 0.308 e. The number of rotatable bonds is 3. The molecule has 0 aliphatic heterocycles. The number of carbonyl (C=O) groups excluding carboxylic acids is 1. The largest absolute Gasteiger partial charge is 0.423 e. The van der Waals surface area contributed by atoms with Crippen molar-refractivity contribution in [3.8, 4) is 17.1 Å². The first-order chi connectivity index (χ1) is 9.11. The van der Waals surface area contributed by atoms with Crippen LogP contribution in [0.25, 0.3) is 11.4 Å². The van der Waals surface area contributed by atoms with Crippen LogP contribution in [-0.2, 0) is 11.2 Å². The second kappa shape index (κ2) is 5.61. The van der Waals surface area contributed by atoms with Crippen molar-refractivity contribution in [3.05, 3.63) is 41.7 Å². The number of hydrogen-bond donors (Lipinski definition) is 0. The molecule has 0 unspecified atom stereocenters. The van der Waals surface area contributed by atoms with Gasteiger partial charge in [-0.25, -0.2) is 9.97 Å². The first kappa shape index (κ1) is 13.2. The highest BCUT2D eigenvalue weighted by molar-refractivity contribution is 5.70. The van der Waals surface area contributed by atoms with Gasteiger partial charge in [0, 0.05) is 12.5 Å². The molecule has 19 heavy (non-hydrogen) atoms. The zero-order valence-electron chi connectivity index (χ0n) is 11.3. The summed E-state index contributed by atoms with van der Waals surface area (Å²) in [4.78, 5) is 20.0. The van der Waals surface area contributed by atoms with Crippen LogP contribution in [0.1, 0.15) is 25.2 Å². The summed E-state index contributed by atoms with van der Waals surface area (Å²) < 4.78 is 5.19. The Labute approximate surface area is 112 Å². The Bertz CT molecular complexity index is 595. The number of benzene rings is 1. The zero-order chi connectivity index (χ0) is 13.8. The van der Waals surface area contributed by atoms with E-state index in [0.29, 0.717) is 23.7 Å². The quantitative estimate of drug-likeness (QED) is 0.792. The summed E-state index contributed by atoms with van der Waals surface area (Å²) in [5.41, 5.74) is 2.39. The lowest BCUT2D eigenvalue weighted by atomic mass is 10.2. The molecule has 2 rings (SSSR count). The van der Waals surface area contributed by atoms with Crippen LogP contribution in [0.5, 0.6) is 5.75 Å². The summed E-state index contributed by atoms with van der Waals surface area (Å²) in [7, 11) is 0. The molecule has 98 valence electrons. The molecule has 1 aromatic carbocycles. The van der Waals surface area contributed by atoms with Gasteiger partial charge in [-0.2, -0.15) is 0 Å². The van der Waals surface area contributed by atoms with Crippen LogP contribution in [-0.4, -0.2) is 15.9 Å². The highest BCUT2D eigenvalue weighted by atomic mass is 16.5. The molecule has 0 fully saturated rings. The normalized spacial score (nSPS) is 10.3. The molecule has 2 aromatic rings. The Balaban J connectivity index is 2.50. The monoisotopic (exact) mass is 256 g/mol. The Kier molecular flexibility index (Phi) is 3.90. The van der Waals surface area contributed by atoms with E-state index in [2.05, 4.69) is 9.97 Å². The Morgan fingerprint density at radius 3 is 2.47 bits per heavy atom. The van der Waals surface area contributed by atoms with E-state index >= 15 is 0 Å². The SMILES string of the molecule is CCc1nc(-c2ccccc2)nc(C)c1OC(C)=O. The van der Waals surface area contributed by atoms with Crippen molar-refractivity contribution < 1.29 is 9.53 Å². The van der Waals surface area contributed by atoms with Crippen molar-refractivity contribution in [1.82, 2.24) is 9.97 Å². The van der Waals surface area contributed by atoms with Crippen molar-refractivity contribution >= 4 is 5.97 Å². The topological polar surface area (TPSA) is 52.1 Å². The molecule has 1 heterocycles. The molecule has 0 spiro atoms. The van der Waals surface area contributed by atoms with Gasteiger partial charge in [0.15, 0.2) is 11.6 Å². The molecule has 0 radical (unpaired) electrons. The van der Waals surface area contributed by atoms with E-state index in [1.807, 2.05) is 44.2 Å². The third kappa shape index (κ3) is 2.96. The minimum Gasteiger partial charge on any atom is -0.423 e. The molecular formula is C15H16N2O2. The number of aromatic nitrogens is 2. The predicted molar refractivity (Wildman–Crippen MR) is 72.9 cm³/mol. The fourth-order valence-electron chi connectivity index (χ4n) is 1.85. The standard InChI is InChI=1S/C15H16N2O2/c1-4-13-14(19-11(3)18)10(2)16-15(17-13)12-8-6-5-7-9-12/h5-9H,4H2,1-3H3. The van der Waals surface area contributed by atoms with Gasteiger partial charge < -0.3 is 4.74 Å². The second-order valence-electron chi connectivity index (χ2n) is 4.22. The Morgan fingerprint density at radius 2 is 1.89 bits per heavy atom. The third-order valence-corrected chi connectivity index (χ3v) is 2.72. The summed E-state index contributed by atoms with van der Waals surface area (Å²) >= 11 is 0. The summed E-state index contributed by atoms with van der Waals surface area (Å²) in [5, 5.41) is 0. The van der Waals surface area contributed by atoms with Gasteiger partial charge >= 0.3 is 5.97 Å². The fourth-order valence-corrected chi connectivity index (χ4v) is 1.85. The van der Waals surface area contributed by atoms with Gasteiger partial charge in [0.25, 0.3) is 0 Å². The van der Waals surface area contributed by atoms with E-state index in [1.54, 1.807) is 0 Å². The van der Waals surface area contributed by atoms with Gasteiger partial charge in [-0.05, 0) is 13.3 Å². The van der Waals surface area contributed by atoms with Gasteiger partial charge in [-0.1, -0.05) is 37.3 Å². The molecule has 1 aromatic heterocycles. The lowest BCUT2D eigenvalue weighted by molar-refractivity contribution is -0.132. The van der Waals surface area contributed by atoms with Crippen molar-refractivity contribution in [2.75, 3.05) is 0 Å². The van der Waals surface area contributed by atoms with Crippen molar-refractivity contribution in [1.29, 1.82) is 0 Å². The van der Waals surface area contributed by atoms with Crippen LogP contribution in [0.4, 0.5) is 0 Å². The van der Waals surface area contributed by atoms with Gasteiger partial charge in [0.1, 0.15) is 0 Å². The van der Waals surface area contributed by atoms with Crippen LogP contribution >= 0.6 is 0 Å². The summed E-state index contributed by atoms with van der Waals surface area (Å²) in [6.45, 7) is 5.18. The molecule has 0 aliphatic rings. The maximum absolute atomic E-state index is 11.1. The van der Waals surface area contributed by atoms with Crippen LogP contribution < -0.4 is 4.74 Å². The number of aryl methyl sites for hydroxylation is 2. The summed E-state index contributed by atoms with van der Waals surface area (Å²) in [6, 6.07) is 9.75. The summed E-state index contributed by atoms with van der Waals surface area (Å²) in [5.74, 6) is 0.786. The molecule has 0 bridgehead atoms. The average molecular weight is 256 g/mol. The highest BCUT2D eigenvalue weighted by Crippen LogP contribution is 2.25. The van der Waals surface area contributed by atoms with Gasteiger partial charge in [-0.3, -0.25) is 4.79 Å². The van der Waals surface area contributed by atoms with Crippen LogP contribution in [0.2, 0.25) is 0 Å². The van der Waals surface area contributed by atoms with Gasteiger partial charge in [0.2, 0.25) is 0 Å². The average Bonchev–Trinajstić information content (AvgIpc) is 2.41. The maximum Gasteiger partial charge on any atom is 0.308 e. The Hall–Kier alpha value is -2.23. The van der Waals surface area contributed by atoms with E-state index in [-0.39, 0.29) is 5.97 Å². The van der Waals surface area contributed by atoms with E-state index in [4.69, 9.17) is 4.74 Å². The van der Waals surface area contributed by atoms with E-state index in [9.17, 15) is 4.79 Å². The molecular weight excluding hydrogens is 240 g/mol. The number of ether oxygens (including phenoxy) is 1. The lowest BCUT2D eigenvalue weighted by Gasteiger charge is -2.11. The minimum absolute atomic E-state index is 0.353. The molecule has 0 saturated heterocycles. The number of carbonyl (C=O) groups is 1. The van der Waals surface area contributed by atoms with Crippen molar-refractivity contribution in [2.24, 2.45) is 0 Å². The number of nitrogens with zero attached hydrogens (tertiary/aromatic N) is 2. The first-order valence-corrected chi connectivity index (χ1v) is 6.23. The van der Waals surface area contributed by atoms with E-state index in [1.165, 1.54) is 6.92 Å². The molecule has 0 saturated carbocycles. The first-order valence-electron chi connectivity index (χ1n) is 6.23. The lowest BCUT2D eigenvalue weighted by Crippen LogP contribution is -2.09. The molecule has 0 amide bonds. The number of hydrogen-bond acceptors (Lipinski definition) is 4. The second-order valence-corrected chi connectivity index (χ2v) is 4.22. The predicted octanol–water partition coefficient (Wildman–Crippen LogP) is 2.94. The van der Waals surface area contributed by atoms with E-state index in [0.717, 1.165) is 11.3 Å². The molecule has 4 nitrogen and oxygen atoms in total. The third-order valence-electron chi connectivity index (χ3n) is 2.72.